The summed E-state index contributed by atoms with van der Waals surface area (Å²) in [7, 11) is 0. The molecule has 0 amide bonds. The Morgan fingerprint density at radius 1 is 1.36 bits per heavy atom. The molecule has 6 nitrogen and oxygen atoms in total. The van der Waals surface area contributed by atoms with Crippen molar-refractivity contribution in [2.24, 2.45) is 0 Å². The normalized spacial score (nSPS) is 10.6. The molecule has 0 aliphatic carbocycles. The van der Waals surface area contributed by atoms with Crippen LogP contribution in [0.2, 0.25) is 0 Å². The summed E-state index contributed by atoms with van der Waals surface area (Å²) in [6.07, 6.45) is 1.69. The van der Waals surface area contributed by atoms with Gasteiger partial charge in [-0.3, -0.25) is 4.98 Å². The fourth-order valence-electron chi connectivity index (χ4n) is 1.87. The zero-order chi connectivity index (χ0) is 15.5. The molecule has 0 N–H and O–H groups in total. The molecule has 22 heavy (non-hydrogen) atoms. The van der Waals surface area contributed by atoms with Gasteiger partial charge in [0.05, 0.1) is 17.1 Å². The molecule has 7 heteroatoms. The first-order chi connectivity index (χ1) is 10.6. The van der Waals surface area contributed by atoms with Crippen molar-refractivity contribution in [2.45, 2.75) is 20.5 Å². The molecule has 0 fully saturated rings. The lowest BCUT2D eigenvalue weighted by molar-refractivity contribution is 0.0442. The first kappa shape index (κ1) is 14.4. The highest BCUT2D eigenvalue weighted by Crippen LogP contribution is 2.27. The number of carbonyl (C=O) groups excluding carboxylic acids is 1. The largest absolute Gasteiger partial charge is 0.453 e. The Bertz CT molecular complexity index is 795. The molecule has 3 aromatic heterocycles. The second-order valence-corrected chi connectivity index (χ2v) is 5.66. The maximum absolute atomic E-state index is 12.2. The van der Waals surface area contributed by atoms with E-state index in [-0.39, 0.29) is 6.61 Å². The van der Waals surface area contributed by atoms with E-state index in [0.29, 0.717) is 21.3 Å². The van der Waals surface area contributed by atoms with Crippen molar-refractivity contribution in [3.63, 3.8) is 0 Å². The van der Waals surface area contributed by atoms with Crippen LogP contribution in [0.25, 0.3) is 10.7 Å². The summed E-state index contributed by atoms with van der Waals surface area (Å²) in [6.45, 7) is 3.63. The van der Waals surface area contributed by atoms with E-state index in [1.807, 2.05) is 18.2 Å². The van der Waals surface area contributed by atoms with Crippen LogP contribution < -0.4 is 0 Å². The Kier molecular flexibility index (Phi) is 3.97. The molecule has 0 bridgehead atoms. The van der Waals surface area contributed by atoms with Gasteiger partial charge >= 0.3 is 5.97 Å². The average molecular weight is 315 g/mol. The molecule has 0 spiro atoms. The summed E-state index contributed by atoms with van der Waals surface area (Å²) in [5.41, 5.74) is 2.11. The van der Waals surface area contributed by atoms with Gasteiger partial charge in [0, 0.05) is 12.3 Å². The first-order valence-corrected chi connectivity index (χ1v) is 7.43. The predicted molar refractivity (Wildman–Crippen MR) is 80.4 cm³/mol. The Balaban J connectivity index is 1.74. The molecule has 3 heterocycles. The van der Waals surface area contributed by atoms with Crippen LogP contribution in [0.3, 0.4) is 0 Å². The van der Waals surface area contributed by atoms with Crippen molar-refractivity contribution in [3.05, 3.63) is 52.5 Å². The number of hydrogen-bond donors (Lipinski definition) is 0. The summed E-state index contributed by atoms with van der Waals surface area (Å²) in [5, 5.41) is 4.44. The number of ether oxygens (including phenoxy) is 1. The van der Waals surface area contributed by atoms with Crippen molar-refractivity contribution < 1.29 is 14.1 Å². The lowest BCUT2D eigenvalue weighted by Gasteiger charge is -1.99. The van der Waals surface area contributed by atoms with Crippen molar-refractivity contribution in [1.82, 2.24) is 15.1 Å². The smallest absolute Gasteiger partial charge is 0.350 e. The Labute approximate surface area is 130 Å². The summed E-state index contributed by atoms with van der Waals surface area (Å²) in [6, 6.07) is 7.29. The number of esters is 1. The van der Waals surface area contributed by atoms with Crippen molar-refractivity contribution >= 4 is 17.3 Å². The van der Waals surface area contributed by atoms with E-state index in [9.17, 15) is 4.79 Å². The SMILES string of the molecule is Cc1cc(COC(=O)c2sc(-c3ccccn3)nc2C)on1. The summed E-state index contributed by atoms with van der Waals surface area (Å²) in [4.78, 5) is 21.2. The van der Waals surface area contributed by atoms with Crippen LogP contribution in [-0.4, -0.2) is 21.1 Å². The van der Waals surface area contributed by atoms with Gasteiger partial charge in [-0.15, -0.1) is 11.3 Å². The minimum atomic E-state index is -0.425. The van der Waals surface area contributed by atoms with Crippen LogP contribution in [0.4, 0.5) is 0 Å². The van der Waals surface area contributed by atoms with Crippen LogP contribution >= 0.6 is 11.3 Å². The molecule has 0 saturated heterocycles. The van der Waals surface area contributed by atoms with Gasteiger partial charge in [-0.2, -0.15) is 0 Å². The Morgan fingerprint density at radius 2 is 2.23 bits per heavy atom. The van der Waals surface area contributed by atoms with Gasteiger partial charge in [-0.05, 0) is 26.0 Å². The van der Waals surface area contributed by atoms with Crippen LogP contribution in [0.15, 0.2) is 35.0 Å². The predicted octanol–water partition coefficient (Wildman–Crippen LogP) is 3.17. The van der Waals surface area contributed by atoms with Crippen LogP contribution in [0.5, 0.6) is 0 Å². The van der Waals surface area contributed by atoms with Crippen molar-refractivity contribution in [1.29, 1.82) is 0 Å². The quantitative estimate of drug-likeness (QED) is 0.688. The maximum Gasteiger partial charge on any atom is 0.350 e. The number of carbonyl (C=O) groups is 1. The van der Waals surface area contributed by atoms with Gasteiger partial charge in [0.15, 0.2) is 12.4 Å². The van der Waals surface area contributed by atoms with Gasteiger partial charge in [-0.1, -0.05) is 11.2 Å². The topological polar surface area (TPSA) is 78.1 Å². The fourth-order valence-corrected chi connectivity index (χ4v) is 2.81. The molecule has 0 unspecified atom stereocenters. The number of hydrogen-bond acceptors (Lipinski definition) is 7. The van der Waals surface area contributed by atoms with Gasteiger partial charge in [0.1, 0.15) is 9.88 Å². The summed E-state index contributed by atoms with van der Waals surface area (Å²) < 4.78 is 10.2. The van der Waals surface area contributed by atoms with E-state index >= 15 is 0 Å². The van der Waals surface area contributed by atoms with E-state index in [4.69, 9.17) is 9.26 Å². The molecule has 3 rings (SSSR count). The summed E-state index contributed by atoms with van der Waals surface area (Å²) in [5.74, 6) is 0.0872. The zero-order valence-electron chi connectivity index (χ0n) is 12.1. The molecule has 3 aromatic rings. The zero-order valence-corrected chi connectivity index (χ0v) is 12.9. The van der Waals surface area contributed by atoms with Gasteiger partial charge in [0.2, 0.25) is 0 Å². The number of nitrogens with zero attached hydrogens (tertiary/aromatic N) is 3. The molecule has 0 aromatic carbocycles. The molecule has 0 radical (unpaired) electrons. The van der Waals surface area contributed by atoms with Crippen LogP contribution in [0.1, 0.15) is 26.8 Å². The number of rotatable bonds is 4. The van der Waals surface area contributed by atoms with E-state index in [1.165, 1.54) is 11.3 Å². The van der Waals surface area contributed by atoms with Crippen LogP contribution in [0, 0.1) is 13.8 Å². The monoisotopic (exact) mass is 315 g/mol. The Morgan fingerprint density at radius 3 is 2.91 bits per heavy atom. The third-order valence-electron chi connectivity index (χ3n) is 2.89. The highest BCUT2D eigenvalue weighted by atomic mass is 32.1. The minimum absolute atomic E-state index is 0.0515. The molecule has 0 aliphatic rings. The van der Waals surface area contributed by atoms with Gasteiger partial charge < -0.3 is 9.26 Å². The van der Waals surface area contributed by atoms with Gasteiger partial charge in [-0.25, -0.2) is 9.78 Å². The lowest BCUT2D eigenvalue weighted by Crippen LogP contribution is -2.04. The highest BCUT2D eigenvalue weighted by molar-refractivity contribution is 7.17. The second kappa shape index (κ2) is 6.07. The summed E-state index contributed by atoms with van der Waals surface area (Å²) >= 11 is 1.27. The molecule has 0 atom stereocenters. The number of pyridine rings is 1. The highest BCUT2D eigenvalue weighted by Gasteiger charge is 2.18. The molecular weight excluding hydrogens is 302 g/mol. The van der Waals surface area contributed by atoms with Crippen molar-refractivity contribution in [2.75, 3.05) is 0 Å². The van der Waals surface area contributed by atoms with E-state index in [0.717, 1.165) is 11.4 Å². The minimum Gasteiger partial charge on any atom is -0.453 e. The average Bonchev–Trinajstić information content (AvgIpc) is 3.12. The van der Waals surface area contributed by atoms with E-state index in [1.54, 1.807) is 26.1 Å². The van der Waals surface area contributed by atoms with E-state index < -0.39 is 5.97 Å². The Hall–Kier alpha value is -2.54. The fraction of sp³-hybridized carbons (Fsp3) is 0.200. The number of aryl methyl sites for hydroxylation is 2. The standard InChI is InChI=1S/C15H13N3O3S/c1-9-7-11(21-18-9)8-20-15(19)13-10(2)17-14(22-13)12-5-3-4-6-16-12/h3-7H,8H2,1-2H3. The van der Waals surface area contributed by atoms with Crippen LogP contribution in [-0.2, 0) is 11.3 Å². The van der Waals surface area contributed by atoms with E-state index in [2.05, 4.69) is 15.1 Å². The first-order valence-electron chi connectivity index (χ1n) is 6.61. The second-order valence-electron chi connectivity index (χ2n) is 4.66. The maximum atomic E-state index is 12.2. The third-order valence-corrected chi connectivity index (χ3v) is 4.05. The van der Waals surface area contributed by atoms with Gasteiger partial charge in [0.25, 0.3) is 0 Å². The third kappa shape index (κ3) is 3.04. The number of aromatic nitrogens is 3. The molecule has 112 valence electrons. The molecule has 0 aliphatic heterocycles. The molecular formula is C15H13N3O3S. The van der Waals surface area contributed by atoms with Crippen molar-refractivity contribution in [3.8, 4) is 10.7 Å². The lowest BCUT2D eigenvalue weighted by atomic mass is 10.3. The number of thiazole rings is 1. The molecule has 0 saturated carbocycles.